The summed E-state index contributed by atoms with van der Waals surface area (Å²) >= 11 is 0. The van der Waals surface area contributed by atoms with Crippen LogP contribution in [-0.4, -0.2) is 43.5 Å². The normalized spacial score (nSPS) is 13.7. The summed E-state index contributed by atoms with van der Waals surface area (Å²) < 4.78 is 34.9. The van der Waals surface area contributed by atoms with Crippen LogP contribution in [0.2, 0.25) is 0 Å². The number of fused-ring (bicyclic) bond motifs is 1. The lowest BCUT2D eigenvalue weighted by Crippen LogP contribution is -2.40. The maximum Gasteiger partial charge on any atom is 0.265 e. The molecule has 0 saturated heterocycles. The molecule has 0 saturated carbocycles. The van der Waals surface area contributed by atoms with E-state index >= 15 is 0 Å². The van der Waals surface area contributed by atoms with Crippen LogP contribution >= 0.6 is 0 Å². The molecular weight excluding hydrogens is 526 g/mol. The van der Waals surface area contributed by atoms with E-state index in [0.717, 1.165) is 22.5 Å². The highest BCUT2D eigenvalue weighted by Gasteiger charge is 2.32. The summed E-state index contributed by atoms with van der Waals surface area (Å²) in [7, 11) is 0. The summed E-state index contributed by atoms with van der Waals surface area (Å²) in [4.78, 5) is 32.3. The molecule has 0 fully saturated rings. The van der Waals surface area contributed by atoms with Crippen LogP contribution in [0.5, 0.6) is 5.75 Å². The second-order valence-electron chi connectivity index (χ2n) is 10.0. The summed E-state index contributed by atoms with van der Waals surface area (Å²) in [5, 5.41) is 0. The highest BCUT2D eigenvalue weighted by atomic mass is 19.3. The Kier molecular flexibility index (Phi) is 7.79. The van der Waals surface area contributed by atoms with Gasteiger partial charge >= 0.3 is 0 Å². The Balaban J connectivity index is 1.59. The lowest BCUT2D eigenvalue weighted by molar-refractivity contribution is 0.0669. The second-order valence-corrected chi connectivity index (χ2v) is 10.0. The standard InChI is InChI=1S/C31H30F2N6O2/c1-6-41-29-14-27(37-16-28(29)34-5)19(3)39-9-7-23-25(24-13-22(30(32)33)15-36-18(24)2)11-21(12-26(23)31(39)40)17-38-10-8-35-20(38)4/h8,10-16,19,30H,6-7,9,17H2,1-4H3/t19-/m0/s1. The van der Waals surface area contributed by atoms with Gasteiger partial charge in [-0.3, -0.25) is 14.8 Å². The zero-order valence-electron chi connectivity index (χ0n) is 23.4. The van der Waals surface area contributed by atoms with E-state index in [1.165, 1.54) is 18.5 Å². The predicted molar refractivity (Wildman–Crippen MR) is 150 cm³/mol. The van der Waals surface area contributed by atoms with Crippen LogP contribution in [0.25, 0.3) is 16.0 Å². The molecule has 0 spiro atoms. The molecule has 1 amide bonds. The van der Waals surface area contributed by atoms with E-state index < -0.39 is 6.43 Å². The van der Waals surface area contributed by atoms with Crippen LogP contribution in [0.4, 0.5) is 14.5 Å². The Morgan fingerprint density at radius 2 is 1.85 bits per heavy atom. The van der Waals surface area contributed by atoms with Crippen LogP contribution in [0.1, 0.15) is 70.6 Å². The van der Waals surface area contributed by atoms with Crippen molar-refractivity contribution in [3.63, 3.8) is 0 Å². The van der Waals surface area contributed by atoms with Gasteiger partial charge in [0.1, 0.15) is 11.6 Å². The van der Waals surface area contributed by atoms with E-state index in [9.17, 15) is 13.6 Å². The maximum atomic E-state index is 14.1. The number of benzene rings is 1. The van der Waals surface area contributed by atoms with Gasteiger partial charge in [-0.2, -0.15) is 0 Å². The number of alkyl halides is 2. The number of pyridine rings is 2. The van der Waals surface area contributed by atoms with Crippen LogP contribution in [-0.2, 0) is 13.0 Å². The number of rotatable bonds is 8. The van der Waals surface area contributed by atoms with E-state index in [-0.39, 0.29) is 17.5 Å². The van der Waals surface area contributed by atoms with Crippen molar-refractivity contribution in [2.45, 2.75) is 53.1 Å². The van der Waals surface area contributed by atoms with E-state index in [0.29, 0.717) is 60.1 Å². The summed E-state index contributed by atoms with van der Waals surface area (Å²) in [6.45, 7) is 16.1. The summed E-state index contributed by atoms with van der Waals surface area (Å²) in [5.74, 6) is 1.09. The van der Waals surface area contributed by atoms with Gasteiger partial charge in [-0.1, -0.05) is 0 Å². The molecule has 4 heterocycles. The molecule has 41 heavy (non-hydrogen) atoms. The van der Waals surface area contributed by atoms with Crippen LogP contribution < -0.4 is 4.74 Å². The first-order valence-electron chi connectivity index (χ1n) is 13.4. The first kappa shape index (κ1) is 27.9. The molecule has 1 aliphatic heterocycles. The first-order valence-corrected chi connectivity index (χ1v) is 13.4. The minimum Gasteiger partial charge on any atom is -0.505 e. The van der Waals surface area contributed by atoms with Gasteiger partial charge in [-0.15, -0.1) is 0 Å². The zero-order valence-corrected chi connectivity index (χ0v) is 23.4. The number of hydrogen-bond acceptors (Lipinski definition) is 5. The highest BCUT2D eigenvalue weighted by Crippen LogP contribution is 2.38. The number of imidazole rings is 1. The van der Waals surface area contributed by atoms with Gasteiger partial charge < -0.3 is 14.2 Å². The van der Waals surface area contributed by atoms with Crippen molar-refractivity contribution < 1.29 is 18.3 Å². The minimum atomic E-state index is -2.66. The van der Waals surface area contributed by atoms with Crippen LogP contribution in [0, 0.1) is 20.4 Å². The molecule has 1 atom stereocenters. The van der Waals surface area contributed by atoms with E-state index in [2.05, 4.69) is 19.8 Å². The van der Waals surface area contributed by atoms with Gasteiger partial charge in [-0.25, -0.2) is 18.6 Å². The number of amides is 1. The minimum absolute atomic E-state index is 0.161. The summed E-state index contributed by atoms with van der Waals surface area (Å²) in [6.07, 6.45) is 4.13. The van der Waals surface area contributed by atoms with Crippen molar-refractivity contribution in [2.24, 2.45) is 0 Å². The predicted octanol–water partition coefficient (Wildman–Crippen LogP) is 6.65. The topological polar surface area (TPSA) is 77.5 Å². The molecule has 1 aliphatic rings. The van der Waals surface area contributed by atoms with E-state index in [4.69, 9.17) is 11.3 Å². The van der Waals surface area contributed by atoms with Gasteiger partial charge in [-0.05, 0) is 75.1 Å². The molecule has 210 valence electrons. The molecule has 8 nitrogen and oxygen atoms in total. The lowest BCUT2D eigenvalue weighted by atomic mass is 9.86. The van der Waals surface area contributed by atoms with E-state index in [1.54, 1.807) is 24.1 Å². The van der Waals surface area contributed by atoms with Crippen molar-refractivity contribution in [2.75, 3.05) is 13.2 Å². The molecule has 3 aromatic heterocycles. The fraction of sp³-hybridized carbons (Fsp3) is 0.323. The largest absolute Gasteiger partial charge is 0.505 e. The van der Waals surface area contributed by atoms with Gasteiger partial charge in [0.15, 0.2) is 0 Å². The fourth-order valence-electron chi connectivity index (χ4n) is 5.28. The van der Waals surface area contributed by atoms with Crippen molar-refractivity contribution in [3.05, 3.63) is 99.9 Å². The molecule has 5 rings (SSSR count). The molecule has 0 aliphatic carbocycles. The number of ether oxygens (including phenoxy) is 1. The Hall–Kier alpha value is -4.65. The lowest BCUT2D eigenvalue weighted by Gasteiger charge is -2.35. The van der Waals surface area contributed by atoms with E-state index in [1.807, 2.05) is 43.7 Å². The van der Waals surface area contributed by atoms with Gasteiger partial charge in [0.25, 0.3) is 12.3 Å². The van der Waals surface area contributed by atoms with Crippen LogP contribution in [0.15, 0.2) is 49.1 Å². The molecule has 4 aromatic rings. The van der Waals surface area contributed by atoms with Crippen LogP contribution in [0.3, 0.4) is 0 Å². The third-order valence-electron chi connectivity index (χ3n) is 7.51. The molecule has 10 heteroatoms. The Morgan fingerprint density at radius 3 is 2.54 bits per heavy atom. The zero-order chi connectivity index (χ0) is 29.3. The maximum absolute atomic E-state index is 14.1. The average Bonchev–Trinajstić information content (AvgIpc) is 3.37. The molecule has 0 N–H and O–H groups in total. The molecule has 0 bridgehead atoms. The fourth-order valence-corrected chi connectivity index (χ4v) is 5.28. The molecule has 0 unspecified atom stereocenters. The number of hydrogen-bond donors (Lipinski definition) is 0. The Bertz CT molecular complexity index is 1660. The number of aryl methyl sites for hydroxylation is 2. The van der Waals surface area contributed by atoms with Crippen molar-refractivity contribution in [3.8, 4) is 16.9 Å². The number of nitrogens with zero attached hydrogens (tertiary/aromatic N) is 6. The second kappa shape index (κ2) is 11.5. The Labute approximate surface area is 237 Å². The molecular formula is C31H30F2N6O2. The summed E-state index contributed by atoms with van der Waals surface area (Å²) in [5.41, 5.74) is 4.91. The SMILES string of the molecule is [C-]#[N+]c1cnc([C@H](C)N2CCc3c(cc(Cn4ccnc4C)cc3-c3cc(C(F)F)cnc3C)C2=O)cc1OCC. The molecule has 0 radical (unpaired) electrons. The van der Waals surface area contributed by atoms with Gasteiger partial charge in [0, 0.05) is 60.3 Å². The number of halogens is 2. The molecule has 1 aromatic carbocycles. The van der Waals surface area contributed by atoms with Gasteiger partial charge in [0.05, 0.1) is 24.9 Å². The smallest absolute Gasteiger partial charge is 0.265 e. The van der Waals surface area contributed by atoms with Crippen molar-refractivity contribution in [1.29, 1.82) is 0 Å². The van der Waals surface area contributed by atoms with Crippen molar-refractivity contribution in [1.82, 2.24) is 24.4 Å². The summed E-state index contributed by atoms with van der Waals surface area (Å²) in [6, 6.07) is 6.68. The monoisotopic (exact) mass is 556 g/mol. The number of carbonyl (C=O) groups excluding carboxylic acids is 1. The van der Waals surface area contributed by atoms with Crippen molar-refractivity contribution >= 4 is 11.6 Å². The van der Waals surface area contributed by atoms with Gasteiger partial charge in [0.2, 0.25) is 5.69 Å². The quantitative estimate of drug-likeness (QED) is 0.227. The number of carbonyl (C=O) groups is 1. The first-order chi connectivity index (χ1) is 19.7. The Morgan fingerprint density at radius 1 is 1.07 bits per heavy atom. The highest BCUT2D eigenvalue weighted by molar-refractivity contribution is 5.99. The average molecular weight is 557 g/mol. The third-order valence-corrected chi connectivity index (χ3v) is 7.51. The third kappa shape index (κ3) is 5.40. The number of aromatic nitrogens is 4.